The normalized spacial score (nSPS) is 15.2. The summed E-state index contributed by atoms with van der Waals surface area (Å²) in [5.41, 5.74) is 8.32. The minimum atomic E-state index is 0.551. The zero-order valence-electron chi connectivity index (χ0n) is 16.1. The molecule has 0 saturated carbocycles. The summed E-state index contributed by atoms with van der Waals surface area (Å²) in [5.74, 6) is 0.551. The van der Waals surface area contributed by atoms with Gasteiger partial charge in [-0.2, -0.15) is 5.10 Å². The van der Waals surface area contributed by atoms with E-state index in [0.717, 1.165) is 54.1 Å². The number of nitrogens with one attached hydrogen (secondary N) is 1. The molecule has 1 aliphatic heterocycles. The fourth-order valence-corrected chi connectivity index (χ4v) is 3.54. The second kappa shape index (κ2) is 7.52. The Morgan fingerprint density at radius 2 is 1.83 bits per heavy atom. The minimum Gasteiger partial charge on any atom is -0.450 e. The maximum atomic E-state index is 5.93. The summed E-state index contributed by atoms with van der Waals surface area (Å²) in [5, 5.41) is 5.48. The fraction of sp³-hybridized carbons (Fsp3) is 0.227. The number of hydrogen-bond acceptors (Lipinski definition) is 7. The Balaban J connectivity index is 1.38. The molecule has 1 aliphatic rings. The summed E-state index contributed by atoms with van der Waals surface area (Å²) in [7, 11) is 0. The van der Waals surface area contributed by atoms with Gasteiger partial charge in [0, 0.05) is 24.2 Å². The van der Waals surface area contributed by atoms with Crippen molar-refractivity contribution in [3.05, 3.63) is 60.4 Å². The molecule has 1 saturated heterocycles. The molecule has 3 heterocycles. The topological polar surface area (TPSA) is 75.8 Å². The van der Waals surface area contributed by atoms with Gasteiger partial charge in [-0.05, 0) is 36.8 Å². The van der Waals surface area contributed by atoms with Crippen LogP contribution in [0.2, 0.25) is 0 Å². The average Bonchev–Trinajstić information content (AvgIpc) is 3.17. The van der Waals surface area contributed by atoms with E-state index in [0.29, 0.717) is 11.4 Å². The molecule has 0 unspecified atom stereocenters. The number of rotatable bonds is 4. The molecule has 1 N–H and O–H groups in total. The molecule has 29 heavy (non-hydrogen) atoms. The third-order valence-corrected chi connectivity index (χ3v) is 5.15. The molecule has 2 aromatic carbocycles. The zero-order valence-corrected chi connectivity index (χ0v) is 16.1. The summed E-state index contributed by atoms with van der Waals surface area (Å²) in [6.45, 7) is 5.38. The number of aromatic nitrogens is 2. The molecule has 7 heteroatoms. The van der Waals surface area contributed by atoms with Crippen molar-refractivity contribution in [3.63, 3.8) is 0 Å². The fourth-order valence-electron chi connectivity index (χ4n) is 3.54. The summed E-state index contributed by atoms with van der Waals surface area (Å²) < 4.78 is 11.4. The third kappa shape index (κ3) is 3.40. The third-order valence-electron chi connectivity index (χ3n) is 5.15. The molecule has 0 radical (unpaired) electrons. The van der Waals surface area contributed by atoms with Crippen LogP contribution in [0.25, 0.3) is 22.1 Å². The number of para-hydroxylation sites is 1. The Kier molecular flexibility index (Phi) is 4.57. The van der Waals surface area contributed by atoms with Gasteiger partial charge in [0.25, 0.3) is 0 Å². The van der Waals surface area contributed by atoms with Crippen molar-refractivity contribution in [2.75, 3.05) is 36.6 Å². The van der Waals surface area contributed by atoms with Gasteiger partial charge in [0.1, 0.15) is 17.4 Å². The number of hydrazone groups is 1. The van der Waals surface area contributed by atoms with Gasteiger partial charge in [-0.3, -0.25) is 5.43 Å². The second-order valence-corrected chi connectivity index (χ2v) is 6.95. The monoisotopic (exact) mass is 387 g/mol. The lowest BCUT2D eigenvalue weighted by Crippen LogP contribution is -2.36. The number of ether oxygens (including phenoxy) is 1. The lowest BCUT2D eigenvalue weighted by Gasteiger charge is -2.28. The van der Waals surface area contributed by atoms with Crippen LogP contribution in [0.3, 0.4) is 0 Å². The van der Waals surface area contributed by atoms with Gasteiger partial charge in [0.05, 0.1) is 18.9 Å². The van der Waals surface area contributed by atoms with Crippen LogP contribution in [0, 0.1) is 0 Å². The first-order chi connectivity index (χ1) is 14.3. The smallest absolute Gasteiger partial charge is 0.197 e. The van der Waals surface area contributed by atoms with Gasteiger partial charge in [0.2, 0.25) is 0 Å². The quantitative estimate of drug-likeness (QED) is 0.421. The van der Waals surface area contributed by atoms with Crippen molar-refractivity contribution in [3.8, 4) is 0 Å². The molecule has 0 bridgehead atoms. The number of nitrogens with zero attached hydrogens (tertiary/aromatic N) is 4. The second-order valence-electron chi connectivity index (χ2n) is 6.95. The number of fused-ring (bicyclic) bond motifs is 3. The molecule has 1 fully saturated rings. The Labute approximate surface area is 168 Å². The summed E-state index contributed by atoms with van der Waals surface area (Å²) >= 11 is 0. The Morgan fingerprint density at radius 3 is 2.66 bits per heavy atom. The zero-order chi connectivity index (χ0) is 19.6. The molecule has 146 valence electrons. The van der Waals surface area contributed by atoms with E-state index in [1.54, 1.807) is 0 Å². The molecule has 0 atom stereocenters. The van der Waals surface area contributed by atoms with Gasteiger partial charge in [0.15, 0.2) is 11.4 Å². The van der Waals surface area contributed by atoms with E-state index in [1.807, 2.05) is 31.2 Å². The van der Waals surface area contributed by atoms with Crippen LogP contribution in [-0.4, -0.2) is 42.0 Å². The van der Waals surface area contributed by atoms with E-state index in [-0.39, 0.29) is 0 Å². The van der Waals surface area contributed by atoms with Gasteiger partial charge >= 0.3 is 0 Å². The molecule has 4 aromatic rings. The first kappa shape index (κ1) is 17.6. The minimum absolute atomic E-state index is 0.551. The highest BCUT2D eigenvalue weighted by Crippen LogP contribution is 2.30. The average molecular weight is 387 g/mol. The number of anilines is 2. The largest absolute Gasteiger partial charge is 0.450 e. The van der Waals surface area contributed by atoms with Crippen LogP contribution in [0.15, 0.2) is 64.4 Å². The molecular weight excluding hydrogens is 366 g/mol. The SMILES string of the molecule is C/C(=N/Nc1ncnc2c1oc1ccccc12)c1ccc(N2CCOCC2)cc1. The maximum absolute atomic E-state index is 5.93. The van der Waals surface area contributed by atoms with Gasteiger partial charge in [-0.1, -0.05) is 24.3 Å². The van der Waals surface area contributed by atoms with E-state index in [2.05, 4.69) is 49.7 Å². The van der Waals surface area contributed by atoms with Crippen molar-refractivity contribution in [1.82, 2.24) is 9.97 Å². The lowest BCUT2D eigenvalue weighted by molar-refractivity contribution is 0.122. The predicted octanol–water partition coefficient (Wildman–Crippen LogP) is 4.05. The van der Waals surface area contributed by atoms with Crippen LogP contribution in [0.1, 0.15) is 12.5 Å². The Hall–Kier alpha value is -3.45. The summed E-state index contributed by atoms with van der Waals surface area (Å²) in [4.78, 5) is 11.0. The number of furan rings is 1. The van der Waals surface area contributed by atoms with Crippen molar-refractivity contribution < 1.29 is 9.15 Å². The number of morpholine rings is 1. The van der Waals surface area contributed by atoms with Crippen molar-refractivity contribution in [2.24, 2.45) is 5.10 Å². The first-order valence-electron chi connectivity index (χ1n) is 9.65. The van der Waals surface area contributed by atoms with E-state index in [4.69, 9.17) is 9.15 Å². The lowest BCUT2D eigenvalue weighted by atomic mass is 10.1. The standard InChI is InChI=1S/C22H21N5O2/c1-15(16-6-8-17(9-7-16)27-10-12-28-13-11-27)25-26-22-21-20(23-14-24-22)18-4-2-3-5-19(18)29-21/h2-9,14H,10-13H2,1H3,(H,23,24,26)/b25-15-. The number of benzene rings is 2. The van der Waals surface area contributed by atoms with E-state index in [1.165, 1.54) is 12.0 Å². The summed E-state index contributed by atoms with van der Waals surface area (Å²) in [6.07, 6.45) is 1.52. The van der Waals surface area contributed by atoms with Crippen molar-refractivity contribution in [1.29, 1.82) is 0 Å². The van der Waals surface area contributed by atoms with E-state index >= 15 is 0 Å². The van der Waals surface area contributed by atoms with Crippen LogP contribution in [0.5, 0.6) is 0 Å². The Morgan fingerprint density at radius 1 is 1.03 bits per heavy atom. The molecular formula is C22H21N5O2. The molecule has 7 nitrogen and oxygen atoms in total. The van der Waals surface area contributed by atoms with Gasteiger partial charge in [-0.15, -0.1) is 0 Å². The molecule has 2 aromatic heterocycles. The van der Waals surface area contributed by atoms with Crippen LogP contribution in [-0.2, 0) is 4.74 Å². The van der Waals surface area contributed by atoms with Gasteiger partial charge < -0.3 is 14.1 Å². The van der Waals surface area contributed by atoms with Crippen LogP contribution < -0.4 is 10.3 Å². The summed E-state index contributed by atoms with van der Waals surface area (Å²) in [6, 6.07) is 16.2. The molecule has 0 aliphatic carbocycles. The number of hydrogen-bond donors (Lipinski definition) is 1. The Bertz CT molecular complexity index is 1180. The molecule has 5 rings (SSSR count). The molecule has 0 spiro atoms. The van der Waals surface area contributed by atoms with Gasteiger partial charge in [-0.25, -0.2) is 9.97 Å². The van der Waals surface area contributed by atoms with E-state index < -0.39 is 0 Å². The first-order valence-corrected chi connectivity index (χ1v) is 9.65. The highest BCUT2D eigenvalue weighted by Gasteiger charge is 2.13. The maximum Gasteiger partial charge on any atom is 0.197 e. The highest BCUT2D eigenvalue weighted by atomic mass is 16.5. The van der Waals surface area contributed by atoms with E-state index in [9.17, 15) is 0 Å². The van der Waals surface area contributed by atoms with Crippen LogP contribution in [0.4, 0.5) is 11.5 Å². The highest BCUT2D eigenvalue weighted by molar-refractivity contribution is 6.05. The molecule has 0 amide bonds. The van der Waals surface area contributed by atoms with Crippen LogP contribution >= 0.6 is 0 Å². The predicted molar refractivity (Wildman–Crippen MR) is 115 cm³/mol. The van der Waals surface area contributed by atoms with Crippen molar-refractivity contribution >= 4 is 39.3 Å². The van der Waals surface area contributed by atoms with Crippen molar-refractivity contribution in [2.45, 2.75) is 6.92 Å².